The number of carbonyl (C=O) groups is 1. The van der Waals surface area contributed by atoms with Crippen molar-refractivity contribution in [2.24, 2.45) is 0 Å². The van der Waals surface area contributed by atoms with Gasteiger partial charge in [0.05, 0.1) is 37.5 Å². The van der Waals surface area contributed by atoms with Gasteiger partial charge in [0.2, 0.25) is 6.29 Å². The highest BCUT2D eigenvalue weighted by atomic mass is 16.7. The van der Waals surface area contributed by atoms with Gasteiger partial charge in [-0.3, -0.25) is 0 Å². The molecule has 4 aromatic rings. The molecule has 0 bridgehead atoms. The average molecular weight is 470 g/mol. The Bertz CT molecular complexity index is 1380. The number of carbonyl (C=O) groups excluding carboxylic acids is 1. The van der Waals surface area contributed by atoms with E-state index in [9.17, 15) is 4.79 Å². The molecule has 178 valence electrons. The van der Waals surface area contributed by atoms with Gasteiger partial charge < -0.3 is 18.9 Å². The van der Waals surface area contributed by atoms with E-state index < -0.39 is 6.29 Å². The molecular formula is C29H27NO5. The second-order valence-electron chi connectivity index (χ2n) is 8.41. The normalized spacial score (nSPS) is 15.6. The lowest BCUT2D eigenvalue weighted by molar-refractivity contribution is -0.167. The van der Waals surface area contributed by atoms with E-state index in [1.54, 1.807) is 20.1 Å². The summed E-state index contributed by atoms with van der Waals surface area (Å²) in [6, 6.07) is 23.4. The molecule has 0 fully saturated rings. The Balaban J connectivity index is 1.46. The monoisotopic (exact) mass is 469 g/mol. The number of pyridine rings is 1. The molecule has 2 unspecified atom stereocenters. The van der Waals surface area contributed by atoms with E-state index in [-0.39, 0.29) is 12.1 Å². The standard InChI is InChI=1S/C29H27NO5/c1-4-33-28(31)25-11-7-6-10-24(25)21-14-20(15-23(16-21)32-3)18(2)35-29-27-22(17-34-29)13-19-9-5-8-12-26(19)30-27/h5-16,18,29H,4,17H2,1-3H3. The second-order valence-corrected chi connectivity index (χ2v) is 8.41. The minimum Gasteiger partial charge on any atom is -0.497 e. The first kappa shape index (κ1) is 23.0. The van der Waals surface area contributed by atoms with Crippen LogP contribution in [-0.2, 0) is 20.8 Å². The summed E-state index contributed by atoms with van der Waals surface area (Å²) in [4.78, 5) is 17.4. The molecule has 2 atom stereocenters. The lowest BCUT2D eigenvalue weighted by Crippen LogP contribution is -2.09. The molecule has 2 heterocycles. The Labute approximate surface area is 204 Å². The number of ether oxygens (including phenoxy) is 4. The molecule has 6 nitrogen and oxygen atoms in total. The molecule has 0 radical (unpaired) electrons. The first-order chi connectivity index (χ1) is 17.1. The highest BCUT2D eigenvalue weighted by Gasteiger charge is 2.28. The van der Waals surface area contributed by atoms with Crippen molar-refractivity contribution < 1.29 is 23.7 Å². The van der Waals surface area contributed by atoms with Crippen LogP contribution in [0.25, 0.3) is 22.0 Å². The number of esters is 1. The summed E-state index contributed by atoms with van der Waals surface area (Å²) in [5, 5.41) is 1.08. The third kappa shape index (κ3) is 4.63. The molecule has 1 aliphatic rings. The highest BCUT2D eigenvalue weighted by Crippen LogP contribution is 2.38. The predicted molar refractivity (Wildman–Crippen MR) is 133 cm³/mol. The Morgan fingerprint density at radius 1 is 1.09 bits per heavy atom. The van der Waals surface area contributed by atoms with Gasteiger partial charge in [-0.25, -0.2) is 9.78 Å². The second kappa shape index (κ2) is 9.86. The van der Waals surface area contributed by atoms with Crippen molar-refractivity contribution in [2.75, 3.05) is 13.7 Å². The van der Waals surface area contributed by atoms with Crippen LogP contribution in [0.5, 0.6) is 5.75 Å². The third-order valence-electron chi connectivity index (χ3n) is 6.14. The number of hydrogen-bond donors (Lipinski definition) is 0. The summed E-state index contributed by atoms with van der Waals surface area (Å²) in [7, 11) is 1.62. The molecule has 0 aliphatic carbocycles. The highest BCUT2D eigenvalue weighted by molar-refractivity contribution is 5.97. The van der Waals surface area contributed by atoms with Gasteiger partial charge in [-0.1, -0.05) is 36.4 Å². The van der Waals surface area contributed by atoms with Crippen LogP contribution in [0.4, 0.5) is 0 Å². The Hall–Kier alpha value is -3.74. The number of methoxy groups -OCH3 is 1. The van der Waals surface area contributed by atoms with Crippen LogP contribution < -0.4 is 4.74 Å². The summed E-state index contributed by atoms with van der Waals surface area (Å²) < 4.78 is 23.1. The summed E-state index contributed by atoms with van der Waals surface area (Å²) in [6.45, 7) is 4.54. The number of aromatic nitrogens is 1. The van der Waals surface area contributed by atoms with Gasteiger partial charge in [-0.15, -0.1) is 0 Å². The minimum absolute atomic E-state index is 0.313. The smallest absolute Gasteiger partial charge is 0.338 e. The molecule has 0 saturated carbocycles. The van der Waals surface area contributed by atoms with Gasteiger partial charge in [-0.2, -0.15) is 0 Å². The molecule has 1 aliphatic heterocycles. The average Bonchev–Trinajstić information content (AvgIpc) is 3.28. The number of benzene rings is 3. The molecule has 35 heavy (non-hydrogen) atoms. The topological polar surface area (TPSA) is 66.9 Å². The molecule has 0 saturated heterocycles. The summed E-state index contributed by atoms with van der Waals surface area (Å²) in [5.41, 5.74) is 5.78. The van der Waals surface area contributed by atoms with Gasteiger partial charge in [0.15, 0.2) is 0 Å². The number of fused-ring (bicyclic) bond motifs is 2. The first-order valence-corrected chi connectivity index (χ1v) is 11.7. The van der Waals surface area contributed by atoms with Crippen LogP contribution in [0.2, 0.25) is 0 Å². The van der Waals surface area contributed by atoms with Gasteiger partial charge in [-0.05, 0) is 66.9 Å². The SMILES string of the molecule is CCOC(=O)c1ccccc1-c1cc(OC)cc(C(C)OC2OCc3cc4ccccc4nc32)c1. The van der Waals surface area contributed by atoms with E-state index in [2.05, 4.69) is 6.07 Å². The Morgan fingerprint density at radius 2 is 1.89 bits per heavy atom. The van der Waals surface area contributed by atoms with Crippen LogP contribution >= 0.6 is 0 Å². The van der Waals surface area contributed by atoms with Gasteiger partial charge >= 0.3 is 5.97 Å². The summed E-state index contributed by atoms with van der Waals surface area (Å²) >= 11 is 0. The van der Waals surface area contributed by atoms with Crippen molar-refractivity contribution >= 4 is 16.9 Å². The molecular weight excluding hydrogens is 442 g/mol. The van der Waals surface area contributed by atoms with Crippen LogP contribution in [0, 0.1) is 0 Å². The molecule has 1 aromatic heterocycles. The zero-order valence-corrected chi connectivity index (χ0v) is 20.0. The van der Waals surface area contributed by atoms with Gasteiger partial charge in [0.1, 0.15) is 11.4 Å². The number of hydrogen-bond acceptors (Lipinski definition) is 6. The molecule has 6 heteroatoms. The van der Waals surface area contributed by atoms with Gasteiger partial charge in [0.25, 0.3) is 0 Å². The lowest BCUT2D eigenvalue weighted by atomic mass is 9.96. The zero-order chi connectivity index (χ0) is 24.4. The summed E-state index contributed by atoms with van der Waals surface area (Å²) in [5.74, 6) is 0.314. The first-order valence-electron chi connectivity index (χ1n) is 11.7. The number of para-hydroxylation sites is 1. The number of rotatable bonds is 7. The molecule has 0 N–H and O–H groups in total. The summed E-state index contributed by atoms with van der Waals surface area (Å²) in [6.07, 6.45) is -0.881. The molecule has 0 amide bonds. The maximum absolute atomic E-state index is 12.6. The van der Waals surface area contributed by atoms with Crippen molar-refractivity contribution in [3.63, 3.8) is 0 Å². The predicted octanol–water partition coefficient (Wildman–Crippen LogP) is 6.39. The van der Waals surface area contributed by atoms with Crippen molar-refractivity contribution in [1.82, 2.24) is 4.98 Å². The van der Waals surface area contributed by atoms with Gasteiger partial charge in [0, 0.05) is 10.9 Å². The molecule has 3 aromatic carbocycles. The van der Waals surface area contributed by atoms with E-state index in [1.165, 1.54) is 0 Å². The van der Waals surface area contributed by atoms with E-state index in [0.29, 0.717) is 24.5 Å². The van der Waals surface area contributed by atoms with Crippen molar-refractivity contribution in [3.8, 4) is 16.9 Å². The van der Waals surface area contributed by atoms with Crippen LogP contribution in [-0.4, -0.2) is 24.7 Å². The van der Waals surface area contributed by atoms with Crippen molar-refractivity contribution in [2.45, 2.75) is 32.8 Å². The zero-order valence-electron chi connectivity index (χ0n) is 20.0. The largest absolute Gasteiger partial charge is 0.497 e. The molecule has 0 spiro atoms. The van der Waals surface area contributed by atoms with Crippen molar-refractivity contribution in [3.05, 3.63) is 95.2 Å². The van der Waals surface area contributed by atoms with E-state index in [0.717, 1.165) is 38.9 Å². The van der Waals surface area contributed by atoms with Crippen molar-refractivity contribution in [1.29, 1.82) is 0 Å². The fourth-order valence-electron chi connectivity index (χ4n) is 4.36. The maximum Gasteiger partial charge on any atom is 0.338 e. The fraction of sp³-hybridized carbons (Fsp3) is 0.241. The molecule has 5 rings (SSSR count). The van der Waals surface area contributed by atoms with E-state index in [4.69, 9.17) is 23.9 Å². The van der Waals surface area contributed by atoms with E-state index >= 15 is 0 Å². The number of nitrogens with zero attached hydrogens (tertiary/aromatic N) is 1. The third-order valence-corrected chi connectivity index (χ3v) is 6.14. The maximum atomic E-state index is 12.6. The van der Waals surface area contributed by atoms with E-state index in [1.807, 2.05) is 67.6 Å². The Kier molecular flexibility index (Phi) is 6.49. The Morgan fingerprint density at radius 3 is 2.71 bits per heavy atom. The quantitative estimate of drug-likeness (QED) is 0.292. The van der Waals surface area contributed by atoms with Crippen LogP contribution in [0.3, 0.4) is 0 Å². The lowest BCUT2D eigenvalue weighted by Gasteiger charge is -2.20. The minimum atomic E-state index is -0.564. The van der Waals surface area contributed by atoms with Crippen LogP contribution in [0.15, 0.2) is 72.8 Å². The fourth-order valence-corrected chi connectivity index (χ4v) is 4.36. The van der Waals surface area contributed by atoms with Crippen LogP contribution in [0.1, 0.15) is 53.4 Å².